The zero-order valence-corrected chi connectivity index (χ0v) is 20.3. The summed E-state index contributed by atoms with van der Waals surface area (Å²) < 4.78 is 0. The van der Waals surface area contributed by atoms with Gasteiger partial charge in [-0.3, -0.25) is 0 Å². The largest absolute Gasteiger partial charge is 0.384 e. The van der Waals surface area contributed by atoms with E-state index in [0.29, 0.717) is 23.3 Å². The molecular weight excluding hydrogens is 442 g/mol. The van der Waals surface area contributed by atoms with Crippen LogP contribution in [0.4, 0.5) is 5.82 Å². The number of nitrogens with two attached hydrogens (primary N) is 1. The SMILES string of the molecule is Nc1cc(C(CCC[C@@H]2C[C@H](c3ccccc3)Cc3ccccc32)c2ccccc2)c2n[nH]nc2n1. The monoisotopic (exact) mass is 473 g/mol. The van der Waals surface area contributed by atoms with E-state index in [4.69, 9.17) is 5.73 Å². The summed E-state index contributed by atoms with van der Waals surface area (Å²) in [6.07, 6.45) is 5.62. The lowest BCUT2D eigenvalue weighted by Crippen LogP contribution is -2.18. The molecular formula is C31H31N5. The lowest BCUT2D eigenvalue weighted by Gasteiger charge is -2.32. The van der Waals surface area contributed by atoms with Crippen LogP contribution in [0, 0.1) is 0 Å². The highest BCUT2D eigenvalue weighted by Gasteiger charge is 2.28. The van der Waals surface area contributed by atoms with Gasteiger partial charge in [0.15, 0.2) is 0 Å². The van der Waals surface area contributed by atoms with E-state index in [-0.39, 0.29) is 5.92 Å². The molecule has 2 aromatic heterocycles. The maximum atomic E-state index is 6.18. The third-order valence-corrected chi connectivity index (χ3v) is 7.77. The fraction of sp³-hybridized carbons (Fsp3) is 0.258. The maximum Gasteiger partial charge on any atom is 0.203 e. The molecule has 0 bridgehead atoms. The van der Waals surface area contributed by atoms with Gasteiger partial charge in [-0.1, -0.05) is 91.3 Å². The highest BCUT2D eigenvalue weighted by molar-refractivity contribution is 5.77. The minimum absolute atomic E-state index is 0.188. The van der Waals surface area contributed by atoms with Crippen LogP contribution in [0.2, 0.25) is 0 Å². The van der Waals surface area contributed by atoms with Crippen molar-refractivity contribution in [1.29, 1.82) is 0 Å². The summed E-state index contributed by atoms with van der Waals surface area (Å²) in [5.41, 5.74) is 14.4. The summed E-state index contributed by atoms with van der Waals surface area (Å²) in [6.45, 7) is 0. The average molecular weight is 474 g/mol. The molecule has 0 amide bonds. The molecule has 0 aliphatic heterocycles. The van der Waals surface area contributed by atoms with Gasteiger partial charge < -0.3 is 5.73 Å². The van der Waals surface area contributed by atoms with Gasteiger partial charge >= 0.3 is 0 Å². The number of hydrogen-bond acceptors (Lipinski definition) is 4. The van der Waals surface area contributed by atoms with Crippen molar-refractivity contribution in [2.45, 2.75) is 49.9 Å². The molecule has 3 N–H and O–H groups in total. The maximum absolute atomic E-state index is 6.18. The Kier molecular flexibility index (Phi) is 6.20. The van der Waals surface area contributed by atoms with Crippen LogP contribution in [0.5, 0.6) is 0 Å². The van der Waals surface area contributed by atoms with E-state index >= 15 is 0 Å². The van der Waals surface area contributed by atoms with Crippen LogP contribution in [0.15, 0.2) is 91.0 Å². The van der Waals surface area contributed by atoms with Gasteiger partial charge in [-0.15, -0.1) is 5.10 Å². The number of nitrogen functional groups attached to an aromatic ring is 1. The predicted molar refractivity (Wildman–Crippen MR) is 145 cm³/mol. The second kappa shape index (κ2) is 9.94. The van der Waals surface area contributed by atoms with Crippen molar-refractivity contribution < 1.29 is 0 Å². The summed E-state index contributed by atoms with van der Waals surface area (Å²) >= 11 is 0. The fourth-order valence-electron chi connectivity index (χ4n) is 6.09. The van der Waals surface area contributed by atoms with E-state index in [9.17, 15) is 0 Å². The second-order valence-corrected chi connectivity index (χ2v) is 9.97. The highest BCUT2D eigenvalue weighted by Crippen LogP contribution is 2.43. The van der Waals surface area contributed by atoms with Crippen molar-refractivity contribution in [3.8, 4) is 0 Å². The number of benzene rings is 3. The van der Waals surface area contributed by atoms with Gasteiger partial charge in [0.2, 0.25) is 5.65 Å². The van der Waals surface area contributed by atoms with Crippen molar-refractivity contribution >= 4 is 17.0 Å². The van der Waals surface area contributed by atoms with E-state index in [1.165, 1.54) is 28.7 Å². The Morgan fingerprint density at radius 3 is 2.47 bits per heavy atom. The summed E-state index contributed by atoms with van der Waals surface area (Å²) in [4.78, 5) is 4.36. The van der Waals surface area contributed by atoms with Gasteiger partial charge in [0.05, 0.1) is 0 Å². The van der Waals surface area contributed by atoms with Crippen molar-refractivity contribution in [2.75, 3.05) is 5.73 Å². The number of aromatic nitrogens is 4. The van der Waals surface area contributed by atoms with E-state index < -0.39 is 0 Å². The standard InChI is InChI=1S/C31H31N5/c32-29-20-28(30-31(33-29)35-36-34-30)27(22-12-5-2-6-13-22)17-9-15-24-19-25(21-10-3-1-4-11-21)18-23-14-7-8-16-26(23)24/h1-8,10-14,16,20,24-25,27H,9,15,17-19H2,(H3,32,33,34,35,36)/t24-,25-,27?/m1/s1. The molecule has 0 spiro atoms. The van der Waals surface area contributed by atoms with Crippen LogP contribution in [0.25, 0.3) is 11.2 Å². The number of H-pyrrole nitrogens is 1. The molecule has 180 valence electrons. The second-order valence-electron chi connectivity index (χ2n) is 9.97. The first-order chi connectivity index (χ1) is 17.8. The molecule has 1 aliphatic rings. The first-order valence-corrected chi connectivity index (χ1v) is 12.9. The first-order valence-electron chi connectivity index (χ1n) is 12.9. The number of nitrogens with zero attached hydrogens (tertiary/aromatic N) is 3. The molecule has 5 nitrogen and oxygen atoms in total. The number of fused-ring (bicyclic) bond motifs is 2. The molecule has 5 heteroatoms. The van der Waals surface area contributed by atoms with Gasteiger partial charge in [-0.2, -0.15) is 10.3 Å². The molecule has 1 aliphatic carbocycles. The topological polar surface area (TPSA) is 80.5 Å². The quantitative estimate of drug-likeness (QED) is 0.274. The molecule has 2 heterocycles. The first kappa shape index (κ1) is 22.5. The predicted octanol–water partition coefficient (Wildman–Crippen LogP) is 6.75. The van der Waals surface area contributed by atoms with Crippen molar-refractivity contribution in [1.82, 2.24) is 20.4 Å². The third-order valence-electron chi connectivity index (χ3n) is 7.77. The molecule has 0 radical (unpaired) electrons. The van der Waals surface area contributed by atoms with Gasteiger partial charge in [0.25, 0.3) is 0 Å². The van der Waals surface area contributed by atoms with Crippen molar-refractivity contribution in [3.63, 3.8) is 0 Å². The van der Waals surface area contributed by atoms with E-state index in [1.54, 1.807) is 0 Å². The Morgan fingerprint density at radius 1 is 0.889 bits per heavy atom. The molecule has 1 unspecified atom stereocenters. The summed E-state index contributed by atoms with van der Waals surface area (Å²) in [7, 11) is 0. The minimum Gasteiger partial charge on any atom is -0.384 e. The number of nitrogens with one attached hydrogen (secondary N) is 1. The number of rotatable bonds is 7. The van der Waals surface area contributed by atoms with E-state index in [0.717, 1.165) is 36.8 Å². The Balaban J connectivity index is 1.27. The van der Waals surface area contributed by atoms with Crippen molar-refractivity contribution in [3.05, 3.63) is 119 Å². The normalized spacial score (nSPS) is 18.1. The van der Waals surface area contributed by atoms with Crippen LogP contribution in [-0.4, -0.2) is 20.4 Å². The third kappa shape index (κ3) is 4.49. The smallest absolute Gasteiger partial charge is 0.203 e. The van der Waals surface area contributed by atoms with Crippen LogP contribution < -0.4 is 5.73 Å². The van der Waals surface area contributed by atoms with E-state index in [1.807, 2.05) is 6.07 Å². The van der Waals surface area contributed by atoms with Crippen LogP contribution in [0.3, 0.4) is 0 Å². The molecule has 3 atom stereocenters. The highest BCUT2D eigenvalue weighted by atomic mass is 15.3. The summed E-state index contributed by atoms with van der Waals surface area (Å²) in [6, 6.07) is 32.7. The van der Waals surface area contributed by atoms with Crippen LogP contribution in [-0.2, 0) is 6.42 Å². The molecule has 6 rings (SSSR count). The lowest BCUT2D eigenvalue weighted by atomic mass is 9.72. The van der Waals surface area contributed by atoms with Gasteiger partial charge in [0.1, 0.15) is 11.3 Å². The Hall–Kier alpha value is -3.99. The molecule has 0 saturated carbocycles. The minimum atomic E-state index is 0.188. The summed E-state index contributed by atoms with van der Waals surface area (Å²) in [5, 5.41) is 11.4. The number of pyridine rings is 1. The molecule has 0 saturated heterocycles. The average Bonchev–Trinajstić information content (AvgIpc) is 3.40. The molecule has 5 aromatic rings. The summed E-state index contributed by atoms with van der Waals surface area (Å²) in [5.74, 6) is 1.81. The number of hydrogen-bond donors (Lipinski definition) is 2. The van der Waals surface area contributed by atoms with Crippen LogP contribution >= 0.6 is 0 Å². The van der Waals surface area contributed by atoms with Gasteiger partial charge in [0, 0.05) is 5.92 Å². The zero-order valence-electron chi connectivity index (χ0n) is 20.3. The molecule has 36 heavy (non-hydrogen) atoms. The van der Waals surface area contributed by atoms with Gasteiger partial charge in [-0.25, -0.2) is 4.98 Å². The van der Waals surface area contributed by atoms with Crippen molar-refractivity contribution in [2.24, 2.45) is 0 Å². The number of anilines is 1. The Morgan fingerprint density at radius 2 is 1.64 bits per heavy atom. The Bertz CT molecular complexity index is 1440. The number of aromatic amines is 1. The Labute approximate surface area is 211 Å². The molecule has 3 aromatic carbocycles. The van der Waals surface area contributed by atoms with Crippen LogP contribution in [0.1, 0.15) is 71.3 Å². The van der Waals surface area contributed by atoms with Gasteiger partial charge in [-0.05, 0) is 71.4 Å². The zero-order chi connectivity index (χ0) is 24.3. The fourth-order valence-corrected chi connectivity index (χ4v) is 6.09. The van der Waals surface area contributed by atoms with E-state index in [2.05, 4.69) is 105 Å². The lowest BCUT2D eigenvalue weighted by molar-refractivity contribution is 0.448. The molecule has 0 fully saturated rings.